The first-order valence-corrected chi connectivity index (χ1v) is 6.25. The molecule has 2 rings (SSSR count). The molecule has 0 fully saturated rings. The Bertz CT molecular complexity index is 559. The lowest BCUT2D eigenvalue weighted by molar-refractivity contribution is 0.378. The summed E-state index contributed by atoms with van der Waals surface area (Å²) in [4.78, 5) is 11.9. The van der Waals surface area contributed by atoms with Gasteiger partial charge in [-0.3, -0.25) is 0 Å². The molecule has 1 aromatic carbocycles. The highest BCUT2D eigenvalue weighted by molar-refractivity contribution is 6.28. The minimum Gasteiger partial charge on any atom is -0.467 e. The number of anilines is 1. The van der Waals surface area contributed by atoms with Gasteiger partial charge in [0.05, 0.1) is 13.2 Å². The summed E-state index contributed by atoms with van der Waals surface area (Å²) in [5, 5.41) is 3.27. The molecule has 0 bridgehead atoms. The number of nitrogens with zero attached hydrogens (tertiary/aromatic N) is 3. The SMILES string of the molecule is COc1nc(Cl)nc(NC(C)c2ccc(C)cc2)n1. The van der Waals surface area contributed by atoms with Gasteiger partial charge >= 0.3 is 6.01 Å². The molecular weight excluding hydrogens is 264 g/mol. The number of hydrogen-bond acceptors (Lipinski definition) is 5. The smallest absolute Gasteiger partial charge is 0.322 e. The Morgan fingerprint density at radius 2 is 1.84 bits per heavy atom. The van der Waals surface area contributed by atoms with Crippen LogP contribution >= 0.6 is 11.6 Å². The predicted octanol–water partition coefficient (Wildman–Crippen LogP) is 3.02. The van der Waals surface area contributed by atoms with Crippen LogP contribution in [0.25, 0.3) is 0 Å². The van der Waals surface area contributed by atoms with E-state index in [0.717, 1.165) is 5.56 Å². The second-order valence-electron chi connectivity index (χ2n) is 4.19. The van der Waals surface area contributed by atoms with Gasteiger partial charge in [0.1, 0.15) is 0 Å². The molecule has 1 N–H and O–H groups in total. The molecule has 1 aromatic heterocycles. The summed E-state index contributed by atoms with van der Waals surface area (Å²) in [6.45, 7) is 4.08. The normalized spacial score (nSPS) is 12.0. The number of hydrogen-bond donors (Lipinski definition) is 1. The highest BCUT2D eigenvalue weighted by Crippen LogP contribution is 2.19. The van der Waals surface area contributed by atoms with Crippen LogP contribution in [0.5, 0.6) is 6.01 Å². The lowest BCUT2D eigenvalue weighted by Crippen LogP contribution is -2.10. The first-order chi connectivity index (χ1) is 9.08. The Kier molecular flexibility index (Phi) is 4.16. The van der Waals surface area contributed by atoms with Crippen LogP contribution in [0, 0.1) is 6.92 Å². The van der Waals surface area contributed by atoms with E-state index >= 15 is 0 Å². The summed E-state index contributed by atoms with van der Waals surface area (Å²) in [7, 11) is 1.48. The van der Waals surface area contributed by atoms with Gasteiger partial charge in [0, 0.05) is 0 Å². The fraction of sp³-hybridized carbons (Fsp3) is 0.308. The number of rotatable bonds is 4. The maximum Gasteiger partial charge on any atom is 0.322 e. The zero-order chi connectivity index (χ0) is 13.8. The molecule has 5 nitrogen and oxygen atoms in total. The molecule has 19 heavy (non-hydrogen) atoms. The van der Waals surface area contributed by atoms with Crippen LogP contribution in [0.4, 0.5) is 5.95 Å². The number of nitrogens with one attached hydrogen (secondary N) is 1. The Morgan fingerprint density at radius 3 is 2.47 bits per heavy atom. The second kappa shape index (κ2) is 5.84. The molecule has 0 aliphatic heterocycles. The average Bonchev–Trinajstić information content (AvgIpc) is 2.38. The summed E-state index contributed by atoms with van der Waals surface area (Å²) in [5.41, 5.74) is 2.36. The summed E-state index contributed by atoms with van der Waals surface area (Å²) in [6, 6.07) is 8.51. The molecule has 0 amide bonds. The van der Waals surface area contributed by atoms with Crippen molar-refractivity contribution in [1.29, 1.82) is 0 Å². The van der Waals surface area contributed by atoms with Gasteiger partial charge in [-0.05, 0) is 31.0 Å². The highest BCUT2D eigenvalue weighted by Gasteiger charge is 2.09. The van der Waals surface area contributed by atoms with Crippen molar-refractivity contribution < 1.29 is 4.74 Å². The molecular formula is C13H15ClN4O. The molecule has 100 valence electrons. The van der Waals surface area contributed by atoms with Crippen LogP contribution in [-0.2, 0) is 0 Å². The highest BCUT2D eigenvalue weighted by atomic mass is 35.5. The maximum absolute atomic E-state index is 5.80. The molecule has 0 saturated heterocycles. The van der Waals surface area contributed by atoms with Gasteiger partial charge in [0.15, 0.2) is 0 Å². The average molecular weight is 279 g/mol. The van der Waals surface area contributed by atoms with Crippen molar-refractivity contribution in [3.8, 4) is 6.01 Å². The van der Waals surface area contributed by atoms with E-state index in [0.29, 0.717) is 5.95 Å². The topological polar surface area (TPSA) is 59.9 Å². The van der Waals surface area contributed by atoms with Gasteiger partial charge < -0.3 is 10.1 Å². The van der Waals surface area contributed by atoms with Crippen molar-refractivity contribution in [2.24, 2.45) is 0 Å². The van der Waals surface area contributed by atoms with Crippen LogP contribution in [0.2, 0.25) is 5.28 Å². The molecule has 0 aliphatic carbocycles. The fourth-order valence-electron chi connectivity index (χ4n) is 1.62. The van der Waals surface area contributed by atoms with Gasteiger partial charge in [-0.2, -0.15) is 15.0 Å². The van der Waals surface area contributed by atoms with Gasteiger partial charge in [0.2, 0.25) is 11.2 Å². The summed E-state index contributed by atoms with van der Waals surface area (Å²) in [6.07, 6.45) is 0. The second-order valence-corrected chi connectivity index (χ2v) is 4.53. The number of halogens is 1. The van der Waals surface area contributed by atoms with Crippen LogP contribution < -0.4 is 10.1 Å². The van der Waals surface area contributed by atoms with Crippen molar-refractivity contribution >= 4 is 17.5 Å². The lowest BCUT2D eigenvalue weighted by Gasteiger charge is -2.14. The Hall–Kier alpha value is -1.88. The first kappa shape index (κ1) is 13.5. The molecule has 1 atom stereocenters. The monoisotopic (exact) mass is 278 g/mol. The predicted molar refractivity (Wildman–Crippen MR) is 74.6 cm³/mol. The first-order valence-electron chi connectivity index (χ1n) is 5.87. The third kappa shape index (κ3) is 3.54. The lowest BCUT2D eigenvalue weighted by atomic mass is 10.1. The van der Waals surface area contributed by atoms with Crippen LogP contribution in [0.1, 0.15) is 24.1 Å². The van der Waals surface area contributed by atoms with Crippen molar-refractivity contribution in [2.75, 3.05) is 12.4 Å². The molecule has 0 radical (unpaired) electrons. The number of aryl methyl sites for hydroxylation is 1. The Balaban J connectivity index is 2.16. The standard InChI is InChI=1S/C13H15ClN4O/c1-8-4-6-10(7-5-8)9(2)15-12-16-11(14)17-13(18-12)19-3/h4-7,9H,1-3H3,(H,15,16,17,18). The fourth-order valence-corrected chi connectivity index (χ4v) is 1.77. The van der Waals surface area contributed by atoms with E-state index in [1.807, 2.05) is 6.92 Å². The van der Waals surface area contributed by atoms with Crippen LogP contribution in [-0.4, -0.2) is 22.1 Å². The molecule has 0 spiro atoms. The minimum atomic E-state index is 0.0590. The molecule has 1 unspecified atom stereocenters. The van der Waals surface area contributed by atoms with Crippen LogP contribution in [0.15, 0.2) is 24.3 Å². The summed E-state index contributed by atoms with van der Waals surface area (Å²) < 4.78 is 4.95. The number of benzene rings is 1. The number of ether oxygens (including phenoxy) is 1. The van der Waals surface area contributed by atoms with Gasteiger partial charge in [-0.1, -0.05) is 29.8 Å². The van der Waals surface area contributed by atoms with E-state index in [9.17, 15) is 0 Å². The van der Waals surface area contributed by atoms with E-state index < -0.39 is 0 Å². The van der Waals surface area contributed by atoms with E-state index in [1.165, 1.54) is 12.7 Å². The zero-order valence-electron chi connectivity index (χ0n) is 11.0. The van der Waals surface area contributed by atoms with E-state index in [2.05, 4.69) is 51.5 Å². The van der Waals surface area contributed by atoms with Crippen molar-refractivity contribution in [3.63, 3.8) is 0 Å². The molecule has 0 aliphatic rings. The third-order valence-electron chi connectivity index (χ3n) is 2.69. The van der Waals surface area contributed by atoms with Crippen molar-refractivity contribution in [3.05, 3.63) is 40.7 Å². The third-order valence-corrected chi connectivity index (χ3v) is 2.86. The van der Waals surface area contributed by atoms with Crippen molar-refractivity contribution in [1.82, 2.24) is 15.0 Å². The minimum absolute atomic E-state index is 0.0590. The Labute approximate surface area is 117 Å². The van der Waals surface area contributed by atoms with E-state index in [-0.39, 0.29) is 17.3 Å². The number of aromatic nitrogens is 3. The molecule has 2 aromatic rings. The molecule has 1 heterocycles. The van der Waals surface area contributed by atoms with Gasteiger partial charge in [-0.15, -0.1) is 0 Å². The van der Waals surface area contributed by atoms with E-state index in [1.54, 1.807) is 0 Å². The molecule has 6 heteroatoms. The molecule has 0 saturated carbocycles. The Morgan fingerprint density at radius 1 is 1.16 bits per heavy atom. The zero-order valence-corrected chi connectivity index (χ0v) is 11.8. The van der Waals surface area contributed by atoms with Gasteiger partial charge in [-0.25, -0.2) is 0 Å². The van der Waals surface area contributed by atoms with Crippen molar-refractivity contribution in [2.45, 2.75) is 19.9 Å². The largest absolute Gasteiger partial charge is 0.467 e. The number of methoxy groups -OCH3 is 1. The van der Waals surface area contributed by atoms with Gasteiger partial charge in [0.25, 0.3) is 0 Å². The maximum atomic E-state index is 5.80. The van der Waals surface area contributed by atoms with Crippen LogP contribution in [0.3, 0.4) is 0 Å². The summed E-state index contributed by atoms with van der Waals surface area (Å²) in [5.74, 6) is 0.393. The van der Waals surface area contributed by atoms with E-state index in [4.69, 9.17) is 16.3 Å². The quantitative estimate of drug-likeness (QED) is 0.931. The summed E-state index contributed by atoms with van der Waals surface area (Å²) >= 11 is 5.80.